The van der Waals surface area contributed by atoms with E-state index in [4.69, 9.17) is 4.42 Å². The van der Waals surface area contributed by atoms with Crippen LogP contribution in [0, 0.1) is 0 Å². The Morgan fingerprint density at radius 2 is 2.54 bits per heavy atom. The third kappa shape index (κ3) is 1.95. The Kier molecular flexibility index (Phi) is 2.71. The second kappa shape index (κ2) is 3.98. The van der Waals surface area contributed by atoms with Crippen molar-refractivity contribution in [3.8, 4) is 10.8 Å². The number of nitrogens with zero attached hydrogens (tertiary/aromatic N) is 1. The van der Waals surface area contributed by atoms with Crippen LogP contribution < -0.4 is 0 Å². The summed E-state index contributed by atoms with van der Waals surface area (Å²) in [4.78, 5) is 5.46. The van der Waals surface area contributed by atoms with Crippen LogP contribution >= 0.6 is 23.1 Å². The first-order valence-electron chi connectivity index (χ1n) is 3.87. The van der Waals surface area contributed by atoms with E-state index in [1.165, 1.54) is 0 Å². The van der Waals surface area contributed by atoms with Gasteiger partial charge in [-0.3, -0.25) is 0 Å². The molecule has 0 saturated heterocycles. The van der Waals surface area contributed by atoms with Crippen LogP contribution in [0.15, 0.2) is 28.2 Å². The third-order valence-electron chi connectivity index (χ3n) is 1.58. The minimum Gasteiger partial charge on any atom is -0.444 e. The summed E-state index contributed by atoms with van der Waals surface area (Å²) in [5.74, 6) is 1.65. The molecule has 2 rings (SSSR count). The summed E-state index contributed by atoms with van der Waals surface area (Å²) in [6.45, 7) is 0. The first kappa shape index (κ1) is 8.84. The van der Waals surface area contributed by atoms with Gasteiger partial charge in [0.05, 0.1) is 10.6 Å². The van der Waals surface area contributed by atoms with Crippen LogP contribution in [-0.2, 0) is 5.75 Å². The molecule has 0 aliphatic heterocycles. The quantitative estimate of drug-likeness (QED) is 0.779. The fraction of sp³-hybridized carbons (Fsp3) is 0.222. The SMILES string of the molecule is CSCc1coc(-c2cccs2)n1. The number of hydrogen-bond donors (Lipinski definition) is 0. The predicted molar refractivity (Wildman–Crippen MR) is 57.0 cm³/mol. The monoisotopic (exact) mass is 211 g/mol. The predicted octanol–water partition coefficient (Wildman–Crippen LogP) is 3.27. The van der Waals surface area contributed by atoms with Gasteiger partial charge < -0.3 is 4.42 Å². The molecular weight excluding hydrogens is 202 g/mol. The van der Waals surface area contributed by atoms with Gasteiger partial charge in [0, 0.05) is 5.75 Å². The summed E-state index contributed by atoms with van der Waals surface area (Å²) >= 11 is 3.39. The molecule has 0 radical (unpaired) electrons. The maximum Gasteiger partial charge on any atom is 0.236 e. The van der Waals surface area contributed by atoms with Crippen molar-refractivity contribution in [2.75, 3.05) is 6.26 Å². The van der Waals surface area contributed by atoms with Crippen molar-refractivity contribution in [2.24, 2.45) is 0 Å². The molecule has 0 bridgehead atoms. The average molecular weight is 211 g/mol. The molecule has 2 aromatic rings. The first-order chi connectivity index (χ1) is 6.40. The second-order valence-corrected chi connectivity index (χ2v) is 4.37. The highest BCUT2D eigenvalue weighted by molar-refractivity contribution is 7.97. The lowest BCUT2D eigenvalue weighted by molar-refractivity contribution is 0.575. The van der Waals surface area contributed by atoms with Crippen molar-refractivity contribution in [3.63, 3.8) is 0 Å². The van der Waals surface area contributed by atoms with Gasteiger partial charge in [0.15, 0.2) is 0 Å². The van der Waals surface area contributed by atoms with Crippen LogP contribution in [0.4, 0.5) is 0 Å². The molecule has 0 N–H and O–H groups in total. The molecule has 0 unspecified atom stereocenters. The first-order valence-corrected chi connectivity index (χ1v) is 6.14. The van der Waals surface area contributed by atoms with Gasteiger partial charge in [-0.05, 0) is 17.7 Å². The van der Waals surface area contributed by atoms with Crippen molar-refractivity contribution in [1.82, 2.24) is 4.98 Å². The normalized spacial score (nSPS) is 10.5. The maximum atomic E-state index is 5.35. The number of hydrogen-bond acceptors (Lipinski definition) is 4. The van der Waals surface area contributed by atoms with E-state index in [1.54, 1.807) is 29.4 Å². The average Bonchev–Trinajstić information content (AvgIpc) is 2.70. The molecule has 0 aliphatic carbocycles. The van der Waals surface area contributed by atoms with Gasteiger partial charge in [-0.2, -0.15) is 11.8 Å². The number of thioether (sulfide) groups is 1. The van der Waals surface area contributed by atoms with E-state index in [1.807, 2.05) is 17.5 Å². The van der Waals surface area contributed by atoms with Gasteiger partial charge >= 0.3 is 0 Å². The third-order valence-corrected chi connectivity index (χ3v) is 3.02. The molecule has 0 aromatic carbocycles. The lowest BCUT2D eigenvalue weighted by Crippen LogP contribution is -1.78. The summed E-state index contributed by atoms with van der Waals surface area (Å²) in [6.07, 6.45) is 3.78. The number of rotatable bonds is 3. The Hall–Kier alpha value is -0.740. The minimum absolute atomic E-state index is 0.735. The standard InChI is InChI=1S/C9H9NOS2/c1-12-6-7-5-11-9(10-7)8-3-2-4-13-8/h2-5H,6H2,1H3. The van der Waals surface area contributed by atoms with E-state index in [2.05, 4.69) is 11.2 Å². The summed E-state index contributed by atoms with van der Waals surface area (Å²) in [5.41, 5.74) is 1.01. The molecule has 2 heterocycles. The van der Waals surface area contributed by atoms with Crippen LogP contribution in [0.5, 0.6) is 0 Å². The summed E-state index contributed by atoms with van der Waals surface area (Å²) in [5, 5.41) is 2.02. The smallest absolute Gasteiger partial charge is 0.236 e. The maximum absolute atomic E-state index is 5.35. The highest BCUT2D eigenvalue weighted by Gasteiger charge is 2.06. The Labute approximate surface area is 85.0 Å². The molecule has 0 saturated carbocycles. The van der Waals surface area contributed by atoms with Gasteiger partial charge in [0.1, 0.15) is 6.26 Å². The van der Waals surface area contributed by atoms with E-state index in [9.17, 15) is 0 Å². The zero-order valence-electron chi connectivity index (χ0n) is 7.19. The lowest BCUT2D eigenvalue weighted by Gasteiger charge is -1.86. The minimum atomic E-state index is 0.735. The highest BCUT2D eigenvalue weighted by atomic mass is 32.2. The van der Waals surface area contributed by atoms with Crippen molar-refractivity contribution in [3.05, 3.63) is 29.5 Å². The second-order valence-electron chi connectivity index (χ2n) is 2.55. The number of oxazole rings is 1. The zero-order chi connectivity index (χ0) is 9.10. The van der Waals surface area contributed by atoms with Crippen molar-refractivity contribution < 1.29 is 4.42 Å². The number of aromatic nitrogens is 1. The molecule has 2 aromatic heterocycles. The number of thiophene rings is 1. The molecule has 0 atom stereocenters. The zero-order valence-corrected chi connectivity index (χ0v) is 8.82. The molecule has 0 aliphatic rings. The molecule has 0 amide bonds. The topological polar surface area (TPSA) is 26.0 Å². The van der Waals surface area contributed by atoms with E-state index in [0.717, 1.165) is 22.2 Å². The van der Waals surface area contributed by atoms with Crippen molar-refractivity contribution in [2.45, 2.75) is 5.75 Å². The largest absolute Gasteiger partial charge is 0.444 e. The highest BCUT2D eigenvalue weighted by Crippen LogP contribution is 2.24. The lowest BCUT2D eigenvalue weighted by atomic mass is 10.5. The van der Waals surface area contributed by atoms with Crippen LogP contribution in [0.2, 0.25) is 0 Å². The van der Waals surface area contributed by atoms with E-state index in [0.29, 0.717) is 0 Å². The summed E-state index contributed by atoms with van der Waals surface area (Å²) in [6, 6.07) is 4.01. The molecule has 4 heteroatoms. The van der Waals surface area contributed by atoms with Crippen LogP contribution in [0.3, 0.4) is 0 Å². The molecule has 13 heavy (non-hydrogen) atoms. The van der Waals surface area contributed by atoms with Crippen LogP contribution in [0.25, 0.3) is 10.8 Å². The van der Waals surface area contributed by atoms with Crippen LogP contribution in [0.1, 0.15) is 5.69 Å². The van der Waals surface area contributed by atoms with E-state index in [-0.39, 0.29) is 0 Å². The van der Waals surface area contributed by atoms with Gasteiger partial charge in [-0.15, -0.1) is 11.3 Å². The summed E-state index contributed by atoms with van der Waals surface area (Å²) < 4.78 is 5.35. The molecule has 2 nitrogen and oxygen atoms in total. The van der Waals surface area contributed by atoms with E-state index >= 15 is 0 Å². The fourth-order valence-electron chi connectivity index (χ4n) is 1.03. The molecule has 0 spiro atoms. The Morgan fingerprint density at radius 1 is 1.62 bits per heavy atom. The Balaban J connectivity index is 2.23. The van der Waals surface area contributed by atoms with Gasteiger partial charge in [0.25, 0.3) is 0 Å². The summed E-state index contributed by atoms with van der Waals surface area (Å²) in [7, 11) is 0. The van der Waals surface area contributed by atoms with Crippen LogP contribution in [-0.4, -0.2) is 11.2 Å². The van der Waals surface area contributed by atoms with Gasteiger partial charge in [-0.1, -0.05) is 6.07 Å². The Bertz CT molecular complexity index is 367. The molecule has 0 fully saturated rings. The van der Waals surface area contributed by atoms with Crippen molar-refractivity contribution >= 4 is 23.1 Å². The molecule has 68 valence electrons. The fourth-order valence-corrected chi connectivity index (χ4v) is 2.12. The van der Waals surface area contributed by atoms with Crippen molar-refractivity contribution in [1.29, 1.82) is 0 Å². The van der Waals surface area contributed by atoms with E-state index < -0.39 is 0 Å². The molecular formula is C9H9NOS2. The van der Waals surface area contributed by atoms with Gasteiger partial charge in [0.2, 0.25) is 5.89 Å². The van der Waals surface area contributed by atoms with Gasteiger partial charge in [-0.25, -0.2) is 4.98 Å². The Morgan fingerprint density at radius 3 is 3.23 bits per heavy atom.